The molecular weight excluding hydrogens is 260 g/mol. The van der Waals surface area contributed by atoms with Crippen molar-refractivity contribution in [3.8, 4) is 5.75 Å². The Bertz CT molecular complexity index is 498. The summed E-state index contributed by atoms with van der Waals surface area (Å²) in [6.45, 7) is 0. The van der Waals surface area contributed by atoms with Crippen LogP contribution in [0.15, 0.2) is 24.3 Å². The molecule has 3 nitrogen and oxygen atoms in total. The van der Waals surface area contributed by atoms with Crippen LogP contribution in [-0.4, -0.2) is 27.0 Å². The van der Waals surface area contributed by atoms with Gasteiger partial charge >= 0.3 is 0 Å². The van der Waals surface area contributed by atoms with Crippen LogP contribution in [0.1, 0.15) is 17.4 Å². The van der Waals surface area contributed by atoms with Gasteiger partial charge in [0, 0.05) is 5.56 Å². The maximum absolute atomic E-state index is 11.4. The van der Waals surface area contributed by atoms with Crippen LogP contribution in [0.4, 0.5) is 0 Å². The van der Waals surface area contributed by atoms with Crippen molar-refractivity contribution < 1.29 is 13.2 Å². The van der Waals surface area contributed by atoms with E-state index in [2.05, 4.69) is 0 Å². The molecular formula is C12H15ClO3S. The number of methoxy groups -OCH3 is 1. The van der Waals surface area contributed by atoms with Gasteiger partial charge in [-0.1, -0.05) is 18.2 Å². The fourth-order valence-electron chi connectivity index (χ4n) is 2.20. The van der Waals surface area contributed by atoms with E-state index in [9.17, 15) is 8.42 Å². The number of hydrogen-bond donors (Lipinski definition) is 0. The molecule has 0 spiro atoms. The van der Waals surface area contributed by atoms with Crippen LogP contribution in [0.25, 0.3) is 0 Å². The standard InChI is InChI=1S/C12H15ClO3S/c1-16-11-5-3-2-4-10(11)12(13)9-6-7-17(14,15)8-9/h2-5,9,12H,6-8H2,1H3. The van der Waals surface area contributed by atoms with Crippen molar-refractivity contribution in [2.75, 3.05) is 18.6 Å². The normalized spacial score (nSPS) is 24.5. The first-order valence-electron chi connectivity index (χ1n) is 5.51. The number of halogens is 1. The highest BCUT2D eigenvalue weighted by Crippen LogP contribution is 2.39. The van der Waals surface area contributed by atoms with E-state index in [1.807, 2.05) is 24.3 Å². The number of para-hydroxylation sites is 1. The second kappa shape index (κ2) is 4.86. The van der Waals surface area contributed by atoms with Gasteiger partial charge in [-0.05, 0) is 18.4 Å². The summed E-state index contributed by atoms with van der Waals surface area (Å²) in [7, 11) is -1.30. The Kier molecular flexibility index (Phi) is 3.64. The van der Waals surface area contributed by atoms with Crippen molar-refractivity contribution in [2.24, 2.45) is 5.92 Å². The van der Waals surface area contributed by atoms with E-state index in [-0.39, 0.29) is 22.8 Å². The van der Waals surface area contributed by atoms with Gasteiger partial charge in [-0.15, -0.1) is 11.6 Å². The summed E-state index contributed by atoms with van der Waals surface area (Å²) < 4.78 is 28.1. The third-order valence-electron chi connectivity index (χ3n) is 3.12. The molecule has 17 heavy (non-hydrogen) atoms. The van der Waals surface area contributed by atoms with E-state index >= 15 is 0 Å². The first-order chi connectivity index (χ1) is 8.03. The maximum Gasteiger partial charge on any atom is 0.150 e. The first kappa shape index (κ1) is 12.7. The molecule has 1 heterocycles. The van der Waals surface area contributed by atoms with Crippen molar-refractivity contribution in [2.45, 2.75) is 11.8 Å². The fraction of sp³-hybridized carbons (Fsp3) is 0.500. The SMILES string of the molecule is COc1ccccc1C(Cl)C1CCS(=O)(=O)C1. The molecule has 2 rings (SSSR count). The van der Waals surface area contributed by atoms with Crippen LogP contribution in [-0.2, 0) is 9.84 Å². The maximum atomic E-state index is 11.4. The number of ether oxygens (including phenoxy) is 1. The first-order valence-corrected chi connectivity index (χ1v) is 7.76. The molecule has 1 fully saturated rings. The molecule has 0 bridgehead atoms. The third kappa shape index (κ3) is 2.75. The largest absolute Gasteiger partial charge is 0.496 e. The molecule has 0 aromatic heterocycles. The van der Waals surface area contributed by atoms with E-state index in [1.165, 1.54) is 0 Å². The van der Waals surface area contributed by atoms with Gasteiger partial charge in [-0.25, -0.2) is 8.42 Å². The van der Waals surface area contributed by atoms with Gasteiger partial charge in [0.25, 0.3) is 0 Å². The average Bonchev–Trinajstić information content (AvgIpc) is 2.68. The Morgan fingerprint density at radius 1 is 1.41 bits per heavy atom. The number of sulfone groups is 1. The Balaban J connectivity index is 2.23. The molecule has 0 saturated carbocycles. The summed E-state index contributed by atoms with van der Waals surface area (Å²) in [5.41, 5.74) is 0.874. The molecule has 1 aromatic carbocycles. The lowest BCUT2D eigenvalue weighted by Gasteiger charge is -2.18. The van der Waals surface area contributed by atoms with Crippen molar-refractivity contribution in [3.05, 3.63) is 29.8 Å². The van der Waals surface area contributed by atoms with Gasteiger partial charge in [0.15, 0.2) is 9.84 Å². The second-order valence-electron chi connectivity index (χ2n) is 4.31. The summed E-state index contributed by atoms with van der Waals surface area (Å²) in [5.74, 6) is 1.13. The van der Waals surface area contributed by atoms with Crippen LogP contribution >= 0.6 is 11.6 Å². The smallest absolute Gasteiger partial charge is 0.150 e. The molecule has 1 aliphatic rings. The highest BCUT2D eigenvalue weighted by molar-refractivity contribution is 7.91. The monoisotopic (exact) mass is 274 g/mol. The topological polar surface area (TPSA) is 43.4 Å². The zero-order chi connectivity index (χ0) is 12.5. The quantitative estimate of drug-likeness (QED) is 0.795. The van der Waals surface area contributed by atoms with Crippen LogP contribution in [0.3, 0.4) is 0 Å². The molecule has 1 saturated heterocycles. The highest BCUT2D eigenvalue weighted by atomic mass is 35.5. The average molecular weight is 275 g/mol. The van der Waals surface area contributed by atoms with Crippen LogP contribution in [0, 0.1) is 5.92 Å². The number of hydrogen-bond acceptors (Lipinski definition) is 3. The summed E-state index contributed by atoms with van der Waals surface area (Å²) in [6, 6.07) is 7.49. The number of benzene rings is 1. The van der Waals surface area contributed by atoms with Gasteiger partial charge in [0.1, 0.15) is 5.75 Å². The van der Waals surface area contributed by atoms with Gasteiger partial charge in [-0.2, -0.15) is 0 Å². The zero-order valence-electron chi connectivity index (χ0n) is 9.60. The van der Waals surface area contributed by atoms with Gasteiger partial charge in [0.2, 0.25) is 0 Å². The summed E-state index contributed by atoms with van der Waals surface area (Å²) >= 11 is 6.38. The lowest BCUT2D eigenvalue weighted by atomic mass is 9.97. The van der Waals surface area contributed by atoms with Crippen molar-refractivity contribution in [1.82, 2.24) is 0 Å². The third-order valence-corrected chi connectivity index (χ3v) is 5.50. The summed E-state index contributed by atoms with van der Waals surface area (Å²) in [6.07, 6.45) is 0.633. The molecule has 1 aromatic rings. The van der Waals surface area contributed by atoms with Gasteiger partial charge in [-0.3, -0.25) is 0 Å². The Morgan fingerprint density at radius 2 is 2.12 bits per heavy atom. The van der Waals surface area contributed by atoms with Crippen LogP contribution < -0.4 is 4.74 Å². The molecule has 0 N–H and O–H groups in total. The van der Waals surface area contributed by atoms with E-state index in [4.69, 9.17) is 16.3 Å². The zero-order valence-corrected chi connectivity index (χ0v) is 11.2. The minimum absolute atomic E-state index is 0.0158. The van der Waals surface area contributed by atoms with E-state index in [0.29, 0.717) is 6.42 Å². The molecule has 0 aliphatic carbocycles. The summed E-state index contributed by atoms with van der Waals surface area (Å²) in [5, 5.41) is -0.302. The molecule has 0 radical (unpaired) electrons. The Labute approximate surface area is 107 Å². The highest BCUT2D eigenvalue weighted by Gasteiger charge is 2.34. The molecule has 2 unspecified atom stereocenters. The predicted molar refractivity (Wildman–Crippen MR) is 68.3 cm³/mol. The molecule has 5 heteroatoms. The molecule has 1 aliphatic heterocycles. The number of rotatable bonds is 3. The second-order valence-corrected chi connectivity index (χ2v) is 7.01. The fourth-order valence-corrected chi connectivity index (χ4v) is 4.54. The lowest BCUT2D eigenvalue weighted by molar-refractivity contribution is 0.404. The van der Waals surface area contributed by atoms with Crippen molar-refractivity contribution in [3.63, 3.8) is 0 Å². The Morgan fingerprint density at radius 3 is 2.71 bits per heavy atom. The van der Waals surface area contributed by atoms with Gasteiger partial charge in [0.05, 0.1) is 24.0 Å². The minimum atomic E-state index is -2.89. The lowest BCUT2D eigenvalue weighted by Crippen LogP contribution is -2.11. The minimum Gasteiger partial charge on any atom is -0.496 e. The predicted octanol–water partition coefficient (Wildman–Crippen LogP) is 2.41. The number of alkyl halides is 1. The molecule has 2 atom stereocenters. The van der Waals surface area contributed by atoms with Crippen molar-refractivity contribution >= 4 is 21.4 Å². The van der Waals surface area contributed by atoms with Crippen LogP contribution in [0.5, 0.6) is 5.75 Å². The Hall–Kier alpha value is -0.740. The molecule has 0 amide bonds. The van der Waals surface area contributed by atoms with E-state index < -0.39 is 9.84 Å². The van der Waals surface area contributed by atoms with E-state index in [1.54, 1.807) is 7.11 Å². The van der Waals surface area contributed by atoms with E-state index in [0.717, 1.165) is 11.3 Å². The molecule has 94 valence electrons. The van der Waals surface area contributed by atoms with Crippen LogP contribution in [0.2, 0.25) is 0 Å². The summed E-state index contributed by atoms with van der Waals surface area (Å²) in [4.78, 5) is 0. The van der Waals surface area contributed by atoms with Gasteiger partial charge < -0.3 is 4.74 Å². The van der Waals surface area contributed by atoms with Crippen molar-refractivity contribution in [1.29, 1.82) is 0 Å².